The summed E-state index contributed by atoms with van der Waals surface area (Å²) in [6, 6.07) is 0. The predicted octanol–water partition coefficient (Wildman–Crippen LogP) is 1.22. The van der Waals surface area contributed by atoms with Crippen LogP contribution in [0.25, 0.3) is 0 Å². The third kappa shape index (κ3) is 0.991. The maximum atomic E-state index is 11.4. The molecule has 2 aliphatic carbocycles. The lowest BCUT2D eigenvalue weighted by molar-refractivity contribution is -0.142. The van der Waals surface area contributed by atoms with Crippen LogP contribution in [0.1, 0.15) is 19.8 Å². The Kier molecular flexibility index (Phi) is 1.84. The summed E-state index contributed by atoms with van der Waals surface area (Å²) in [7, 11) is 0. The van der Waals surface area contributed by atoms with E-state index in [1.165, 1.54) is 6.42 Å². The van der Waals surface area contributed by atoms with Crippen molar-refractivity contribution in [2.24, 2.45) is 23.7 Å². The van der Waals surface area contributed by atoms with Gasteiger partial charge in [-0.2, -0.15) is 0 Å². The number of esters is 1. The van der Waals surface area contributed by atoms with Crippen molar-refractivity contribution in [3.63, 3.8) is 0 Å². The number of ether oxygens (including phenoxy) is 2. The molecular weight excluding hydrogens is 180 g/mol. The van der Waals surface area contributed by atoms with E-state index in [9.17, 15) is 4.79 Å². The zero-order valence-corrected chi connectivity index (χ0v) is 8.44. The Balaban J connectivity index is 1.79. The molecule has 3 aliphatic rings. The Morgan fingerprint density at radius 3 is 3.07 bits per heavy atom. The molecule has 2 saturated carbocycles. The molecule has 5 unspecified atom stereocenters. The summed E-state index contributed by atoms with van der Waals surface area (Å²) in [6.45, 7) is 3.48. The van der Waals surface area contributed by atoms with Crippen molar-refractivity contribution in [3.05, 3.63) is 0 Å². The standard InChI is InChI=1S/C11H16O3/c1-2-13-9-4-6-3-7(9)8-5-14-11(12)10(6)8/h6-10H,2-5H2,1H3. The summed E-state index contributed by atoms with van der Waals surface area (Å²) in [5.74, 6) is 1.89. The van der Waals surface area contributed by atoms with Gasteiger partial charge in [-0.05, 0) is 31.6 Å². The van der Waals surface area contributed by atoms with E-state index in [1.807, 2.05) is 6.92 Å². The summed E-state index contributed by atoms with van der Waals surface area (Å²) in [5, 5.41) is 0. The first-order valence-electron chi connectivity index (χ1n) is 5.59. The minimum absolute atomic E-state index is 0.0532. The Bertz CT molecular complexity index is 263. The van der Waals surface area contributed by atoms with E-state index < -0.39 is 0 Å². The molecule has 1 heterocycles. The number of fused-ring (bicyclic) bond motifs is 5. The van der Waals surface area contributed by atoms with Gasteiger partial charge in [0.15, 0.2) is 0 Å². The summed E-state index contributed by atoms with van der Waals surface area (Å²) in [6.07, 6.45) is 2.67. The summed E-state index contributed by atoms with van der Waals surface area (Å²) < 4.78 is 10.8. The number of carbonyl (C=O) groups excluding carboxylic acids is 1. The highest BCUT2D eigenvalue weighted by Crippen LogP contribution is 2.55. The average molecular weight is 196 g/mol. The normalized spacial score (nSPS) is 49.5. The highest BCUT2D eigenvalue weighted by Gasteiger charge is 2.59. The topological polar surface area (TPSA) is 35.5 Å². The quantitative estimate of drug-likeness (QED) is 0.623. The van der Waals surface area contributed by atoms with Crippen LogP contribution >= 0.6 is 0 Å². The second-order valence-electron chi connectivity index (χ2n) is 4.71. The second kappa shape index (κ2) is 2.96. The highest BCUT2D eigenvalue weighted by atomic mass is 16.5. The molecule has 3 heteroatoms. The first-order valence-corrected chi connectivity index (χ1v) is 5.59. The maximum absolute atomic E-state index is 11.4. The third-order valence-electron chi connectivity index (χ3n) is 4.18. The van der Waals surface area contributed by atoms with Crippen molar-refractivity contribution in [2.75, 3.05) is 13.2 Å². The lowest BCUT2D eigenvalue weighted by Crippen LogP contribution is -2.33. The fourth-order valence-electron chi connectivity index (χ4n) is 3.71. The van der Waals surface area contributed by atoms with Crippen LogP contribution in [-0.4, -0.2) is 25.3 Å². The molecule has 78 valence electrons. The number of hydrogen-bond donors (Lipinski definition) is 0. The Morgan fingerprint density at radius 1 is 1.43 bits per heavy atom. The predicted molar refractivity (Wildman–Crippen MR) is 49.6 cm³/mol. The van der Waals surface area contributed by atoms with Crippen LogP contribution in [-0.2, 0) is 14.3 Å². The second-order valence-corrected chi connectivity index (χ2v) is 4.71. The van der Waals surface area contributed by atoms with Gasteiger partial charge in [-0.3, -0.25) is 4.79 Å². The molecule has 0 spiro atoms. The van der Waals surface area contributed by atoms with E-state index in [1.54, 1.807) is 0 Å². The van der Waals surface area contributed by atoms with E-state index >= 15 is 0 Å². The van der Waals surface area contributed by atoms with E-state index in [0.29, 0.717) is 30.5 Å². The first kappa shape index (κ1) is 8.72. The van der Waals surface area contributed by atoms with E-state index in [2.05, 4.69) is 0 Å². The molecule has 0 aromatic carbocycles. The molecule has 0 N–H and O–H groups in total. The number of carbonyl (C=O) groups is 1. The van der Waals surface area contributed by atoms with Crippen LogP contribution in [0.15, 0.2) is 0 Å². The van der Waals surface area contributed by atoms with Gasteiger partial charge < -0.3 is 9.47 Å². The number of cyclic esters (lactones) is 1. The van der Waals surface area contributed by atoms with Crippen LogP contribution in [0.4, 0.5) is 0 Å². The SMILES string of the molecule is CCOC1CC2CC1C1COC(=O)C21. The lowest BCUT2D eigenvalue weighted by Gasteiger charge is -2.28. The van der Waals surface area contributed by atoms with Crippen molar-refractivity contribution in [1.29, 1.82) is 0 Å². The molecule has 1 saturated heterocycles. The Labute approximate surface area is 83.8 Å². The Morgan fingerprint density at radius 2 is 2.29 bits per heavy atom. The molecule has 2 bridgehead atoms. The van der Waals surface area contributed by atoms with Gasteiger partial charge in [0.2, 0.25) is 0 Å². The van der Waals surface area contributed by atoms with Crippen LogP contribution in [0, 0.1) is 23.7 Å². The number of rotatable bonds is 2. The van der Waals surface area contributed by atoms with Crippen LogP contribution < -0.4 is 0 Å². The maximum Gasteiger partial charge on any atom is 0.309 e. The van der Waals surface area contributed by atoms with Gasteiger partial charge in [0, 0.05) is 12.5 Å². The van der Waals surface area contributed by atoms with Gasteiger partial charge >= 0.3 is 5.97 Å². The van der Waals surface area contributed by atoms with Crippen LogP contribution in [0.5, 0.6) is 0 Å². The van der Waals surface area contributed by atoms with Gasteiger partial charge in [0.1, 0.15) is 0 Å². The molecule has 0 radical (unpaired) electrons. The fraction of sp³-hybridized carbons (Fsp3) is 0.909. The van der Waals surface area contributed by atoms with E-state index in [-0.39, 0.29) is 11.9 Å². The molecule has 5 atom stereocenters. The average Bonchev–Trinajstić information content (AvgIpc) is 2.78. The summed E-state index contributed by atoms with van der Waals surface area (Å²) in [4.78, 5) is 11.4. The van der Waals surface area contributed by atoms with Gasteiger partial charge in [0.25, 0.3) is 0 Å². The monoisotopic (exact) mass is 196 g/mol. The lowest BCUT2D eigenvalue weighted by atomic mass is 9.80. The van der Waals surface area contributed by atoms with Crippen molar-refractivity contribution >= 4 is 5.97 Å². The van der Waals surface area contributed by atoms with Gasteiger partial charge in [-0.25, -0.2) is 0 Å². The van der Waals surface area contributed by atoms with E-state index in [4.69, 9.17) is 9.47 Å². The highest BCUT2D eigenvalue weighted by molar-refractivity contribution is 5.76. The van der Waals surface area contributed by atoms with Crippen molar-refractivity contribution in [3.8, 4) is 0 Å². The van der Waals surface area contributed by atoms with Gasteiger partial charge in [-0.15, -0.1) is 0 Å². The minimum Gasteiger partial charge on any atom is -0.465 e. The molecular formula is C11H16O3. The molecule has 0 amide bonds. The molecule has 3 fully saturated rings. The van der Waals surface area contributed by atoms with Gasteiger partial charge in [0.05, 0.1) is 18.6 Å². The molecule has 14 heavy (non-hydrogen) atoms. The van der Waals surface area contributed by atoms with Crippen molar-refractivity contribution in [1.82, 2.24) is 0 Å². The number of hydrogen-bond acceptors (Lipinski definition) is 3. The molecule has 0 aromatic heterocycles. The fourth-order valence-corrected chi connectivity index (χ4v) is 3.71. The van der Waals surface area contributed by atoms with E-state index in [0.717, 1.165) is 13.0 Å². The van der Waals surface area contributed by atoms with Crippen LogP contribution in [0.2, 0.25) is 0 Å². The zero-order valence-electron chi connectivity index (χ0n) is 8.44. The third-order valence-corrected chi connectivity index (χ3v) is 4.18. The van der Waals surface area contributed by atoms with Crippen molar-refractivity contribution in [2.45, 2.75) is 25.9 Å². The van der Waals surface area contributed by atoms with Crippen molar-refractivity contribution < 1.29 is 14.3 Å². The summed E-state index contributed by atoms with van der Waals surface area (Å²) in [5.41, 5.74) is 0. The molecule has 0 aromatic rings. The summed E-state index contributed by atoms with van der Waals surface area (Å²) >= 11 is 0. The first-order chi connectivity index (χ1) is 6.81. The largest absolute Gasteiger partial charge is 0.465 e. The smallest absolute Gasteiger partial charge is 0.309 e. The Hall–Kier alpha value is -0.570. The molecule has 3 nitrogen and oxygen atoms in total. The van der Waals surface area contributed by atoms with Crippen LogP contribution in [0.3, 0.4) is 0 Å². The molecule has 1 aliphatic heterocycles. The minimum atomic E-state index is 0.0532. The molecule has 3 rings (SSSR count). The zero-order chi connectivity index (χ0) is 9.71. The van der Waals surface area contributed by atoms with Gasteiger partial charge in [-0.1, -0.05) is 0 Å².